The average Bonchev–Trinajstić information content (AvgIpc) is 2.84. The Kier molecular flexibility index (Phi) is 3.92. The van der Waals surface area contributed by atoms with E-state index in [9.17, 15) is 9.59 Å². The minimum Gasteiger partial charge on any atom is -0.352 e. The average molecular weight is 294 g/mol. The van der Waals surface area contributed by atoms with Crippen LogP contribution in [0.1, 0.15) is 22.3 Å². The van der Waals surface area contributed by atoms with Crippen molar-refractivity contribution in [2.45, 2.75) is 26.3 Å². The van der Waals surface area contributed by atoms with Crippen LogP contribution in [-0.4, -0.2) is 11.8 Å². The molecular weight excluding hydrogens is 276 g/mol. The molecule has 0 atom stereocenters. The highest BCUT2D eigenvalue weighted by atomic mass is 16.2. The molecule has 0 unspecified atom stereocenters. The molecule has 0 fully saturated rings. The van der Waals surface area contributed by atoms with Crippen LogP contribution in [0.4, 0.5) is 5.69 Å². The minimum atomic E-state index is -0.0151. The third-order valence-electron chi connectivity index (χ3n) is 3.73. The fourth-order valence-corrected chi connectivity index (χ4v) is 2.66. The van der Waals surface area contributed by atoms with Crippen LogP contribution in [-0.2, 0) is 29.0 Å². The van der Waals surface area contributed by atoms with E-state index in [0.717, 1.165) is 22.4 Å². The van der Waals surface area contributed by atoms with Crippen molar-refractivity contribution in [2.24, 2.45) is 0 Å². The summed E-state index contributed by atoms with van der Waals surface area (Å²) in [4.78, 5) is 23.4. The summed E-state index contributed by atoms with van der Waals surface area (Å²) in [6.07, 6.45) is 0.724. The van der Waals surface area contributed by atoms with E-state index < -0.39 is 0 Å². The fourth-order valence-electron chi connectivity index (χ4n) is 2.66. The molecule has 2 N–H and O–H groups in total. The zero-order valence-electron chi connectivity index (χ0n) is 12.5. The van der Waals surface area contributed by atoms with Gasteiger partial charge in [0.05, 0.1) is 12.8 Å². The molecule has 4 nitrogen and oxygen atoms in total. The van der Waals surface area contributed by atoms with Gasteiger partial charge in [-0.25, -0.2) is 0 Å². The number of hydrogen-bond acceptors (Lipinski definition) is 2. The number of benzene rings is 2. The van der Waals surface area contributed by atoms with E-state index in [-0.39, 0.29) is 11.8 Å². The molecule has 2 aromatic rings. The summed E-state index contributed by atoms with van der Waals surface area (Å²) in [7, 11) is 0. The molecule has 0 aromatic heterocycles. The van der Waals surface area contributed by atoms with Gasteiger partial charge in [0.25, 0.3) is 0 Å². The number of hydrogen-bond donors (Lipinski definition) is 2. The van der Waals surface area contributed by atoms with E-state index in [1.54, 1.807) is 0 Å². The van der Waals surface area contributed by atoms with Crippen LogP contribution in [0.2, 0.25) is 0 Å². The second-order valence-corrected chi connectivity index (χ2v) is 5.66. The summed E-state index contributed by atoms with van der Waals surface area (Å²) in [6, 6.07) is 13.8. The second kappa shape index (κ2) is 6.02. The van der Waals surface area contributed by atoms with E-state index in [2.05, 4.69) is 16.7 Å². The van der Waals surface area contributed by atoms with Gasteiger partial charge in [0, 0.05) is 12.2 Å². The fraction of sp³-hybridized carbons (Fsp3) is 0.222. The molecule has 0 bridgehead atoms. The topological polar surface area (TPSA) is 58.2 Å². The summed E-state index contributed by atoms with van der Waals surface area (Å²) >= 11 is 0. The van der Waals surface area contributed by atoms with E-state index in [4.69, 9.17) is 0 Å². The maximum absolute atomic E-state index is 12.0. The lowest BCUT2D eigenvalue weighted by molar-refractivity contribution is -0.120. The number of amides is 2. The van der Waals surface area contributed by atoms with Crippen molar-refractivity contribution in [2.75, 3.05) is 5.32 Å². The monoisotopic (exact) mass is 294 g/mol. The van der Waals surface area contributed by atoms with Crippen molar-refractivity contribution < 1.29 is 9.59 Å². The lowest BCUT2D eigenvalue weighted by Crippen LogP contribution is -2.24. The molecule has 22 heavy (non-hydrogen) atoms. The van der Waals surface area contributed by atoms with Gasteiger partial charge in [-0.3, -0.25) is 9.59 Å². The first-order chi connectivity index (χ1) is 10.6. The molecule has 0 radical (unpaired) electrons. The predicted molar refractivity (Wildman–Crippen MR) is 85.5 cm³/mol. The Morgan fingerprint density at radius 3 is 2.86 bits per heavy atom. The van der Waals surface area contributed by atoms with Crippen molar-refractivity contribution >= 4 is 17.5 Å². The Hall–Kier alpha value is -2.62. The molecule has 1 aliphatic heterocycles. The van der Waals surface area contributed by atoms with E-state index >= 15 is 0 Å². The van der Waals surface area contributed by atoms with Crippen molar-refractivity contribution in [1.82, 2.24) is 5.32 Å². The first-order valence-corrected chi connectivity index (χ1v) is 7.34. The maximum atomic E-state index is 12.0. The van der Waals surface area contributed by atoms with Gasteiger partial charge in [-0.15, -0.1) is 0 Å². The summed E-state index contributed by atoms with van der Waals surface area (Å²) in [5, 5.41) is 5.72. The van der Waals surface area contributed by atoms with Gasteiger partial charge in [0.2, 0.25) is 11.8 Å². The molecule has 0 saturated carbocycles. The van der Waals surface area contributed by atoms with Gasteiger partial charge in [-0.1, -0.05) is 42.0 Å². The molecule has 4 heteroatoms. The molecule has 3 rings (SSSR count). The second-order valence-electron chi connectivity index (χ2n) is 5.66. The van der Waals surface area contributed by atoms with Gasteiger partial charge < -0.3 is 10.6 Å². The number of aryl methyl sites for hydroxylation is 1. The van der Waals surface area contributed by atoms with E-state index in [1.807, 2.05) is 43.3 Å². The first-order valence-electron chi connectivity index (χ1n) is 7.34. The van der Waals surface area contributed by atoms with E-state index in [0.29, 0.717) is 19.4 Å². The Labute approximate surface area is 129 Å². The van der Waals surface area contributed by atoms with Crippen LogP contribution in [0.15, 0.2) is 42.5 Å². The lowest BCUT2D eigenvalue weighted by Gasteiger charge is -2.07. The summed E-state index contributed by atoms with van der Waals surface area (Å²) in [5.74, 6) is -0.00483. The van der Waals surface area contributed by atoms with Crippen LogP contribution in [0.25, 0.3) is 0 Å². The highest BCUT2D eigenvalue weighted by Crippen LogP contribution is 2.23. The smallest absolute Gasteiger partial charge is 0.228 e. The number of carbonyl (C=O) groups is 2. The zero-order valence-corrected chi connectivity index (χ0v) is 12.5. The Morgan fingerprint density at radius 2 is 2.05 bits per heavy atom. The number of nitrogens with one attached hydrogen (secondary N) is 2. The highest BCUT2D eigenvalue weighted by molar-refractivity contribution is 5.99. The summed E-state index contributed by atoms with van der Waals surface area (Å²) in [5.41, 5.74) is 5.03. The molecule has 0 spiro atoms. The molecule has 0 saturated heterocycles. The number of carbonyl (C=O) groups excluding carboxylic acids is 2. The summed E-state index contributed by atoms with van der Waals surface area (Å²) < 4.78 is 0. The molecule has 1 aliphatic rings. The minimum absolute atomic E-state index is 0.0102. The molecule has 2 amide bonds. The molecule has 1 heterocycles. The standard InChI is InChI=1S/C18H18N2O2/c1-12-3-2-4-14(7-12)11-19-17(21)9-13-5-6-16-15(8-13)10-18(22)20-16/h2-8H,9-11H2,1H3,(H,19,21)(H,20,22). The molecule has 2 aromatic carbocycles. The maximum Gasteiger partial charge on any atom is 0.228 e. The largest absolute Gasteiger partial charge is 0.352 e. The predicted octanol–water partition coefficient (Wildman–Crippen LogP) is 2.35. The van der Waals surface area contributed by atoms with Gasteiger partial charge in [0.1, 0.15) is 0 Å². The summed E-state index contributed by atoms with van der Waals surface area (Å²) in [6.45, 7) is 2.57. The molecule has 0 aliphatic carbocycles. The van der Waals surface area contributed by atoms with Crippen LogP contribution in [0.5, 0.6) is 0 Å². The highest BCUT2D eigenvalue weighted by Gasteiger charge is 2.17. The first kappa shape index (κ1) is 14.3. The number of fused-ring (bicyclic) bond motifs is 1. The zero-order chi connectivity index (χ0) is 15.5. The van der Waals surface area contributed by atoms with Crippen LogP contribution < -0.4 is 10.6 Å². The Bertz CT molecular complexity index is 738. The normalized spacial score (nSPS) is 12.7. The van der Waals surface area contributed by atoms with Gasteiger partial charge in [0.15, 0.2) is 0 Å². The van der Waals surface area contributed by atoms with Gasteiger partial charge >= 0.3 is 0 Å². The van der Waals surface area contributed by atoms with Crippen molar-refractivity contribution in [1.29, 1.82) is 0 Å². The Morgan fingerprint density at radius 1 is 1.18 bits per heavy atom. The Balaban J connectivity index is 1.58. The van der Waals surface area contributed by atoms with Crippen LogP contribution >= 0.6 is 0 Å². The van der Waals surface area contributed by atoms with Crippen molar-refractivity contribution in [3.05, 3.63) is 64.7 Å². The SMILES string of the molecule is Cc1cccc(CNC(=O)Cc2ccc3c(c2)CC(=O)N3)c1. The number of rotatable bonds is 4. The van der Waals surface area contributed by atoms with Gasteiger partial charge in [-0.05, 0) is 29.7 Å². The van der Waals surface area contributed by atoms with Crippen molar-refractivity contribution in [3.8, 4) is 0 Å². The van der Waals surface area contributed by atoms with Crippen LogP contribution in [0, 0.1) is 6.92 Å². The lowest BCUT2D eigenvalue weighted by atomic mass is 10.1. The van der Waals surface area contributed by atoms with Crippen molar-refractivity contribution in [3.63, 3.8) is 0 Å². The third-order valence-corrected chi connectivity index (χ3v) is 3.73. The third kappa shape index (κ3) is 3.34. The molecule has 112 valence electrons. The van der Waals surface area contributed by atoms with Gasteiger partial charge in [-0.2, -0.15) is 0 Å². The molecular formula is C18H18N2O2. The number of anilines is 1. The van der Waals surface area contributed by atoms with Crippen LogP contribution in [0.3, 0.4) is 0 Å². The quantitative estimate of drug-likeness (QED) is 0.909. The van der Waals surface area contributed by atoms with E-state index in [1.165, 1.54) is 5.56 Å².